The molecule has 1 aromatic heterocycles. The zero-order chi connectivity index (χ0) is 21.2. The van der Waals surface area contributed by atoms with Crippen molar-refractivity contribution >= 4 is 17.8 Å². The number of imidazole rings is 1. The second-order valence-electron chi connectivity index (χ2n) is 7.10. The number of carbonyl (C=O) groups excluding carboxylic acids is 3. The molecule has 0 bridgehead atoms. The number of rotatable bonds is 6. The zero-order valence-electron chi connectivity index (χ0n) is 16.6. The van der Waals surface area contributed by atoms with Gasteiger partial charge in [-0.1, -0.05) is 19.1 Å². The van der Waals surface area contributed by atoms with Crippen LogP contribution < -0.4 is 5.32 Å². The molecular formula is C20H23FN4O4. The lowest BCUT2D eigenvalue weighted by atomic mass is 9.94. The average molecular weight is 402 g/mol. The number of hydrogen-bond acceptors (Lipinski definition) is 5. The predicted molar refractivity (Wildman–Crippen MR) is 102 cm³/mol. The van der Waals surface area contributed by atoms with Crippen LogP contribution in [-0.4, -0.2) is 51.4 Å². The molecule has 29 heavy (non-hydrogen) atoms. The standard InChI is InChI=1S/C20H23FN4O4/c1-4-9-25-17(26)16-15(18(27)29-3)23-12-24(16)11-20(25,2)19(28)22-10-13-5-7-14(21)8-6-13/h5-8,12H,4,9-11H2,1-3H3,(H,22,28)/t20-/m1/s1. The maximum Gasteiger partial charge on any atom is 0.359 e. The first-order chi connectivity index (χ1) is 13.8. The van der Waals surface area contributed by atoms with Crippen LogP contribution in [0.3, 0.4) is 0 Å². The molecule has 8 nitrogen and oxygen atoms in total. The molecule has 0 aliphatic carbocycles. The van der Waals surface area contributed by atoms with Gasteiger partial charge in [0.2, 0.25) is 5.91 Å². The monoisotopic (exact) mass is 402 g/mol. The van der Waals surface area contributed by atoms with Crippen LogP contribution in [-0.2, 0) is 22.6 Å². The molecule has 3 rings (SSSR count). The van der Waals surface area contributed by atoms with Crippen LogP contribution in [0, 0.1) is 5.82 Å². The molecule has 2 amide bonds. The van der Waals surface area contributed by atoms with Gasteiger partial charge in [-0.2, -0.15) is 0 Å². The van der Waals surface area contributed by atoms with Crippen molar-refractivity contribution in [2.75, 3.05) is 13.7 Å². The van der Waals surface area contributed by atoms with E-state index < -0.39 is 17.4 Å². The summed E-state index contributed by atoms with van der Waals surface area (Å²) in [6.07, 6.45) is 2.00. The number of nitrogens with one attached hydrogen (secondary N) is 1. The molecule has 154 valence electrons. The van der Waals surface area contributed by atoms with Gasteiger partial charge in [0, 0.05) is 13.1 Å². The summed E-state index contributed by atoms with van der Waals surface area (Å²) in [6, 6.07) is 5.82. The van der Waals surface area contributed by atoms with Gasteiger partial charge in [-0.05, 0) is 31.0 Å². The molecular weight excluding hydrogens is 379 g/mol. The Labute approximate surface area is 167 Å². The number of nitrogens with zero attached hydrogens (tertiary/aromatic N) is 3. The smallest absolute Gasteiger partial charge is 0.359 e. The van der Waals surface area contributed by atoms with Crippen molar-refractivity contribution in [1.29, 1.82) is 0 Å². The Hall–Kier alpha value is -3.23. The minimum atomic E-state index is -1.17. The van der Waals surface area contributed by atoms with Crippen LogP contribution in [0.4, 0.5) is 4.39 Å². The fraction of sp³-hybridized carbons (Fsp3) is 0.400. The third kappa shape index (κ3) is 3.72. The van der Waals surface area contributed by atoms with Gasteiger partial charge < -0.3 is 19.5 Å². The highest BCUT2D eigenvalue weighted by Crippen LogP contribution is 2.29. The topological polar surface area (TPSA) is 93.5 Å². The van der Waals surface area contributed by atoms with E-state index in [1.54, 1.807) is 19.1 Å². The lowest BCUT2D eigenvalue weighted by Crippen LogP contribution is -2.64. The Bertz CT molecular complexity index is 940. The van der Waals surface area contributed by atoms with Gasteiger partial charge in [0.05, 0.1) is 20.0 Å². The molecule has 2 heterocycles. The van der Waals surface area contributed by atoms with E-state index in [1.807, 2.05) is 6.92 Å². The third-order valence-electron chi connectivity index (χ3n) is 5.04. The summed E-state index contributed by atoms with van der Waals surface area (Å²) in [5.41, 5.74) is -0.376. The highest BCUT2D eigenvalue weighted by molar-refractivity contribution is 6.06. The van der Waals surface area contributed by atoms with E-state index in [4.69, 9.17) is 4.74 Å². The minimum absolute atomic E-state index is 0.0626. The molecule has 0 unspecified atom stereocenters. The van der Waals surface area contributed by atoms with Gasteiger partial charge in [-0.3, -0.25) is 9.59 Å². The number of benzene rings is 1. The van der Waals surface area contributed by atoms with Crippen LogP contribution in [0.15, 0.2) is 30.6 Å². The number of methoxy groups -OCH3 is 1. The van der Waals surface area contributed by atoms with E-state index >= 15 is 0 Å². The van der Waals surface area contributed by atoms with Crippen LogP contribution in [0.1, 0.15) is 46.8 Å². The first-order valence-electron chi connectivity index (χ1n) is 9.30. The van der Waals surface area contributed by atoms with Gasteiger partial charge in [0.1, 0.15) is 17.1 Å². The van der Waals surface area contributed by atoms with Gasteiger partial charge >= 0.3 is 5.97 Å². The molecule has 0 saturated heterocycles. The van der Waals surface area contributed by atoms with Gasteiger partial charge in [0.15, 0.2) is 5.69 Å². The Balaban J connectivity index is 1.88. The first-order valence-corrected chi connectivity index (χ1v) is 9.30. The lowest BCUT2D eigenvalue weighted by molar-refractivity contribution is -0.133. The van der Waals surface area contributed by atoms with Crippen molar-refractivity contribution in [2.24, 2.45) is 0 Å². The molecule has 1 aliphatic heterocycles. The largest absolute Gasteiger partial charge is 0.464 e. The number of esters is 1. The van der Waals surface area contributed by atoms with Crippen LogP contribution in [0.5, 0.6) is 0 Å². The number of aromatic nitrogens is 2. The molecule has 0 saturated carbocycles. The maximum atomic E-state index is 13.2. The number of fused-ring (bicyclic) bond motifs is 1. The van der Waals surface area contributed by atoms with Crippen molar-refractivity contribution in [3.8, 4) is 0 Å². The molecule has 1 aliphatic rings. The summed E-state index contributed by atoms with van der Waals surface area (Å²) in [4.78, 5) is 43.7. The summed E-state index contributed by atoms with van der Waals surface area (Å²) in [5.74, 6) is -1.85. The maximum absolute atomic E-state index is 13.2. The quantitative estimate of drug-likeness (QED) is 0.743. The normalized spacial score (nSPS) is 18.3. The highest BCUT2D eigenvalue weighted by Gasteiger charge is 2.48. The van der Waals surface area contributed by atoms with E-state index in [0.29, 0.717) is 13.0 Å². The second-order valence-corrected chi connectivity index (χ2v) is 7.10. The SMILES string of the molecule is CCCN1C(=O)c2c(C(=O)OC)ncn2C[C@]1(C)C(=O)NCc1ccc(F)cc1. The summed E-state index contributed by atoms with van der Waals surface area (Å²) >= 11 is 0. The fourth-order valence-corrected chi connectivity index (χ4v) is 3.48. The van der Waals surface area contributed by atoms with E-state index in [1.165, 1.54) is 35.0 Å². The Morgan fingerprint density at radius 2 is 2.00 bits per heavy atom. The van der Waals surface area contributed by atoms with Gasteiger partial charge in [-0.15, -0.1) is 0 Å². The molecule has 1 N–H and O–H groups in total. The highest BCUT2D eigenvalue weighted by atomic mass is 19.1. The van der Waals surface area contributed by atoms with E-state index in [0.717, 1.165) is 5.56 Å². The fourth-order valence-electron chi connectivity index (χ4n) is 3.48. The second kappa shape index (κ2) is 8.02. The molecule has 2 aromatic rings. The van der Waals surface area contributed by atoms with Crippen LogP contribution in [0.25, 0.3) is 0 Å². The first kappa shape index (κ1) is 20.5. The van der Waals surface area contributed by atoms with Gasteiger partial charge in [-0.25, -0.2) is 14.2 Å². The van der Waals surface area contributed by atoms with E-state index in [-0.39, 0.29) is 36.2 Å². The number of halogens is 1. The summed E-state index contributed by atoms with van der Waals surface area (Å²) in [7, 11) is 1.22. The third-order valence-corrected chi connectivity index (χ3v) is 5.04. The molecule has 0 spiro atoms. The zero-order valence-corrected chi connectivity index (χ0v) is 16.6. The average Bonchev–Trinajstić information content (AvgIpc) is 3.13. The predicted octanol–water partition coefficient (Wildman–Crippen LogP) is 1.75. The Kier molecular flexibility index (Phi) is 5.67. The van der Waals surface area contributed by atoms with Crippen molar-refractivity contribution in [2.45, 2.75) is 38.9 Å². The lowest BCUT2D eigenvalue weighted by Gasteiger charge is -2.43. The van der Waals surface area contributed by atoms with Gasteiger partial charge in [0.25, 0.3) is 5.91 Å². The van der Waals surface area contributed by atoms with Crippen LogP contribution in [0.2, 0.25) is 0 Å². The number of amides is 2. The van der Waals surface area contributed by atoms with E-state index in [2.05, 4.69) is 10.3 Å². The molecule has 0 fully saturated rings. The molecule has 1 aromatic carbocycles. The van der Waals surface area contributed by atoms with Crippen molar-refractivity contribution in [1.82, 2.24) is 19.8 Å². The number of carbonyl (C=O) groups is 3. The molecule has 9 heteroatoms. The van der Waals surface area contributed by atoms with E-state index in [9.17, 15) is 18.8 Å². The van der Waals surface area contributed by atoms with Crippen molar-refractivity contribution in [3.05, 3.63) is 53.4 Å². The van der Waals surface area contributed by atoms with Crippen LogP contribution >= 0.6 is 0 Å². The summed E-state index contributed by atoms with van der Waals surface area (Å²) in [6.45, 7) is 4.27. The Morgan fingerprint density at radius 3 is 2.62 bits per heavy atom. The van der Waals surface area contributed by atoms with Crippen molar-refractivity contribution < 1.29 is 23.5 Å². The molecule has 1 atom stereocenters. The Morgan fingerprint density at radius 1 is 1.31 bits per heavy atom. The number of hydrogen-bond donors (Lipinski definition) is 1. The van der Waals surface area contributed by atoms with Crippen molar-refractivity contribution in [3.63, 3.8) is 0 Å². The summed E-state index contributed by atoms with van der Waals surface area (Å²) in [5, 5.41) is 2.83. The molecule has 0 radical (unpaired) electrons. The summed E-state index contributed by atoms with van der Waals surface area (Å²) < 4.78 is 19.3. The number of ether oxygens (including phenoxy) is 1. The minimum Gasteiger partial charge on any atom is -0.464 e.